The number of methoxy groups -OCH3 is 1. The van der Waals surface area contributed by atoms with Crippen LogP contribution < -0.4 is 0 Å². The largest absolute Gasteiger partial charge is 0.441 e. The molecule has 6 atom stereocenters. The molecule has 1 aliphatic carbocycles. The Kier molecular flexibility index (Phi) is 8.71. The maximum Gasteiger partial charge on any atom is 0.410 e. The fourth-order valence-electron chi connectivity index (χ4n) is 8.83. The van der Waals surface area contributed by atoms with Gasteiger partial charge in [-0.3, -0.25) is 9.69 Å². The molecule has 228 valence electrons. The second kappa shape index (κ2) is 11.5. The number of carbonyl (C=O) groups excluding carboxylic acids is 2. The highest BCUT2D eigenvalue weighted by atomic mass is 28.4. The highest BCUT2D eigenvalue weighted by molar-refractivity contribution is 6.74. The number of piperidine rings is 1. The molecule has 1 spiro atoms. The van der Waals surface area contributed by atoms with E-state index in [1.165, 1.54) is 25.7 Å². The number of hydrogen-bond acceptors (Lipinski definition) is 6. The van der Waals surface area contributed by atoms with Gasteiger partial charge in [-0.25, -0.2) is 4.79 Å². The van der Waals surface area contributed by atoms with Crippen molar-refractivity contribution >= 4 is 20.3 Å². The zero-order valence-corrected chi connectivity index (χ0v) is 27.0. The molecule has 5 rings (SSSR count). The quantitative estimate of drug-likeness (QED) is 0.211. The number of amides is 2. The molecule has 9 heteroatoms. The van der Waals surface area contributed by atoms with E-state index < -0.39 is 13.9 Å². The lowest BCUT2D eigenvalue weighted by molar-refractivity contribution is -0.185. The number of hydrogen-bond donors (Lipinski definition) is 0. The summed E-state index contributed by atoms with van der Waals surface area (Å²) in [5, 5.41) is 0.0552. The SMILES string of the molecule is COCOC[C@@]12CCCCCCCCCC(=O)N3CC[C@@H]4[C@H](CN5C(=O)O[C@H](CO[Si](C)(C)C(C)(C)C)[C@@]45[C@@H]31)C2. The van der Waals surface area contributed by atoms with Crippen molar-refractivity contribution in [3.8, 4) is 0 Å². The van der Waals surface area contributed by atoms with Crippen LogP contribution in [0.5, 0.6) is 0 Å². The molecular weight excluding hydrogens is 524 g/mol. The molecule has 0 aromatic carbocycles. The van der Waals surface area contributed by atoms with E-state index in [0.29, 0.717) is 38.0 Å². The minimum Gasteiger partial charge on any atom is -0.441 e. The molecule has 2 amide bonds. The van der Waals surface area contributed by atoms with Crippen molar-refractivity contribution < 1.29 is 28.2 Å². The second-order valence-electron chi connectivity index (χ2n) is 14.9. The van der Waals surface area contributed by atoms with Crippen LogP contribution in [0, 0.1) is 17.3 Å². The van der Waals surface area contributed by atoms with Crippen molar-refractivity contribution in [2.75, 3.05) is 40.2 Å². The van der Waals surface area contributed by atoms with Crippen LogP contribution in [0.4, 0.5) is 4.79 Å². The van der Waals surface area contributed by atoms with Crippen molar-refractivity contribution in [2.24, 2.45) is 17.3 Å². The number of ether oxygens (including phenoxy) is 3. The molecule has 0 unspecified atom stereocenters. The van der Waals surface area contributed by atoms with Gasteiger partial charge in [0, 0.05) is 32.0 Å². The predicted octanol–water partition coefficient (Wildman–Crippen LogP) is 5.95. The molecule has 4 heterocycles. The Labute approximate surface area is 242 Å². The Hall–Kier alpha value is -1.16. The number of cyclic esters (lactones) is 1. The van der Waals surface area contributed by atoms with Crippen LogP contribution in [0.3, 0.4) is 0 Å². The Bertz CT molecular complexity index is 939. The van der Waals surface area contributed by atoms with Gasteiger partial charge in [-0.2, -0.15) is 0 Å². The van der Waals surface area contributed by atoms with Crippen LogP contribution in [0.15, 0.2) is 0 Å². The molecular formula is C31H54N2O6Si. The summed E-state index contributed by atoms with van der Waals surface area (Å²) in [5.74, 6) is 0.938. The monoisotopic (exact) mass is 578 g/mol. The first-order chi connectivity index (χ1) is 19.0. The molecule has 5 fully saturated rings. The number of nitrogens with zero attached hydrogens (tertiary/aromatic N) is 2. The maximum atomic E-state index is 14.1. The highest BCUT2D eigenvalue weighted by Gasteiger charge is 2.77. The Morgan fingerprint density at radius 1 is 1.05 bits per heavy atom. The molecule has 4 saturated heterocycles. The van der Waals surface area contributed by atoms with E-state index in [-0.39, 0.29) is 41.4 Å². The normalized spacial score (nSPS) is 37.0. The lowest BCUT2D eigenvalue weighted by Gasteiger charge is -2.63. The highest BCUT2D eigenvalue weighted by Crippen LogP contribution is 2.65. The van der Waals surface area contributed by atoms with Crippen LogP contribution in [0.1, 0.15) is 91.4 Å². The van der Waals surface area contributed by atoms with Crippen molar-refractivity contribution in [3.63, 3.8) is 0 Å². The first kappa shape index (κ1) is 30.3. The summed E-state index contributed by atoms with van der Waals surface area (Å²) in [6.45, 7) is 13.9. The van der Waals surface area contributed by atoms with Crippen LogP contribution in [0.25, 0.3) is 0 Å². The third kappa shape index (κ3) is 5.05. The first-order valence-electron chi connectivity index (χ1n) is 16.0. The fourth-order valence-corrected chi connectivity index (χ4v) is 9.83. The van der Waals surface area contributed by atoms with E-state index in [0.717, 1.165) is 45.1 Å². The van der Waals surface area contributed by atoms with Crippen LogP contribution in [-0.2, 0) is 23.4 Å². The Morgan fingerprint density at radius 2 is 1.75 bits per heavy atom. The van der Waals surface area contributed by atoms with Gasteiger partial charge >= 0.3 is 6.09 Å². The summed E-state index contributed by atoms with van der Waals surface area (Å²) >= 11 is 0. The van der Waals surface area contributed by atoms with Crippen LogP contribution in [0.2, 0.25) is 18.1 Å². The number of carbonyl (C=O) groups is 2. The van der Waals surface area contributed by atoms with Crippen molar-refractivity contribution in [2.45, 2.75) is 127 Å². The van der Waals surface area contributed by atoms with Gasteiger partial charge in [0.1, 0.15) is 12.3 Å². The smallest absolute Gasteiger partial charge is 0.410 e. The third-order valence-electron chi connectivity index (χ3n) is 11.6. The third-order valence-corrected chi connectivity index (χ3v) is 16.1. The van der Waals surface area contributed by atoms with E-state index in [2.05, 4.69) is 43.7 Å². The molecule has 0 aromatic rings. The van der Waals surface area contributed by atoms with Gasteiger partial charge in [0.2, 0.25) is 5.91 Å². The summed E-state index contributed by atoms with van der Waals surface area (Å²) in [4.78, 5) is 32.0. The van der Waals surface area contributed by atoms with Gasteiger partial charge in [-0.1, -0.05) is 59.3 Å². The summed E-state index contributed by atoms with van der Waals surface area (Å²) in [6.07, 6.45) is 10.9. The molecule has 8 nitrogen and oxygen atoms in total. The average molecular weight is 579 g/mol. The van der Waals surface area contributed by atoms with Crippen molar-refractivity contribution in [1.82, 2.24) is 9.80 Å². The van der Waals surface area contributed by atoms with Gasteiger partial charge < -0.3 is 23.5 Å². The fraction of sp³-hybridized carbons (Fsp3) is 0.935. The van der Waals surface area contributed by atoms with Crippen LogP contribution >= 0.6 is 0 Å². The molecule has 0 aromatic heterocycles. The molecule has 0 N–H and O–H groups in total. The first-order valence-corrected chi connectivity index (χ1v) is 18.9. The van der Waals surface area contributed by atoms with Gasteiger partial charge in [0.05, 0.1) is 19.3 Å². The molecule has 5 aliphatic rings. The minimum atomic E-state index is -2.09. The predicted molar refractivity (Wildman–Crippen MR) is 156 cm³/mol. The zero-order chi connectivity index (χ0) is 28.8. The van der Waals surface area contributed by atoms with E-state index >= 15 is 0 Å². The van der Waals surface area contributed by atoms with Gasteiger partial charge in [0.25, 0.3) is 0 Å². The lowest BCUT2D eigenvalue weighted by atomic mass is 9.51. The van der Waals surface area contributed by atoms with Crippen molar-refractivity contribution in [1.29, 1.82) is 0 Å². The minimum absolute atomic E-state index is 0.0552. The molecule has 40 heavy (non-hydrogen) atoms. The summed E-state index contributed by atoms with van der Waals surface area (Å²) in [5.41, 5.74) is -0.811. The standard InChI is InChI=1S/C31H54N2O6Si/c1-29(2,3)40(5,6)38-20-25-31-24-15-17-32-26(34)14-12-10-8-7-9-11-13-16-30(27(31)32,21-37-22-36-4)18-23(24)19-33(31)28(35)39-25/h23-25,27H,7-22H2,1-6H3/t23-,24+,25+,27-,30-,31+/m0/s1. The van der Waals surface area contributed by atoms with Crippen LogP contribution in [-0.4, -0.2) is 88.0 Å². The molecule has 4 aliphatic heterocycles. The summed E-state index contributed by atoms with van der Waals surface area (Å²) in [6, 6.07) is -0.137. The van der Waals surface area contributed by atoms with Gasteiger partial charge in [-0.05, 0) is 55.7 Å². The van der Waals surface area contributed by atoms with Gasteiger partial charge in [-0.15, -0.1) is 0 Å². The second-order valence-corrected chi connectivity index (χ2v) is 19.7. The van der Waals surface area contributed by atoms with E-state index in [4.69, 9.17) is 18.6 Å². The molecule has 1 saturated carbocycles. The van der Waals surface area contributed by atoms with Gasteiger partial charge in [0.15, 0.2) is 14.4 Å². The number of rotatable bonds is 7. The Balaban J connectivity index is 1.59. The molecule has 4 bridgehead atoms. The average Bonchev–Trinajstić information content (AvgIpc) is 3.29. The van der Waals surface area contributed by atoms with E-state index in [1.54, 1.807) is 7.11 Å². The van der Waals surface area contributed by atoms with E-state index in [1.807, 2.05) is 0 Å². The maximum absolute atomic E-state index is 14.1. The van der Waals surface area contributed by atoms with E-state index in [9.17, 15) is 9.59 Å². The summed E-state index contributed by atoms with van der Waals surface area (Å²) < 4.78 is 24.7. The topological polar surface area (TPSA) is 77.5 Å². The lowest BCUT2D eigenvalue weighted by Crippen LogP contribution is -2.77. The zero-order valence-electron chi connectivity index (χ0n) is 26.0. The van der Waals surface area contributed by atoms with Crippen molar-refractivity contribution in [3.05, 3.63) is 0 Å². The Morgan fingerprint density at radius 3 is 2.45 bits per heavy atom. The summed E-state index contributed by atoms with van der Waals surface area (Å²) in [7, 11) is -0.424. The molecule has 0 radical (unpaired) electrons.